The molecule has 1 aromatic heterocycles. The number of rotatable bonds is 7. The molecule has 0 bridgehead atoms. The Morgan fingerprint density at radius 1 is 1.17 bits per heavy atom. The van der Waals surface area contributed by atoms with E-state index in [1.807, 2.05) is 0 Å². The lowest BCUT2D eigenvalue weighted by Gasteiger charge is -2.44. The summed E-state index contributed by atoms with van der Waals surface area (Å²) in [5, 5.41) is 4.02. The fraction of sp³-hybridized carbons (Fsp3) is 0.591. The highest BCUT2D eigenvalue weighted by Crippen LogP contribution is 2.41. The van der Waals surface area contributed by atoms with Crippen molar-refractivity contribution < 1.29 is 36.7 Å². The minimum Gasteiger partial charge on any atom is -0.435 e. The molecule has 0 spiro atoms. The molecule has 35 heavy (non-hydrogen) atoms. The van der Waals surface area contributed by atoms with Gasteiger partial charge in [-0.05, 0) is 24.1 Å². The van der Waals surface area contributed by atoms with Crippen LogP contribution in [0.1, 0.15) is 35.5 Å². The Bertz CT molecular complexity index is 983. The molecule has 3 heterocycles. The third-order valence-corrected chi connectivity index (χ3v) is 7.98. The van der Waals surface area contributed by atoms with Crippen molar-refractivity contribution in [1.29, 1.82) is 0 Å². The number of benzene rings is 1. The van der Waals surface area contributed by atoms with Gasteiger partial charge in [-0.3, -0.25) is 9.11 Å². The number of hydrogen-bond acceptors (Lipinski definition) is 8. The normalized spacial score (nSPS) is 23.4. The lowest BCUT2D eigenvalue weighted by molar-refractivity contribution is -0.0498. The van der Waals surface area contributed by atoms with Crippen molar-refractivity contribution >= 4 is 16.6 Å². The molecule has 2 aliphatic rings. The molecule has 10 nitrogen and oxygen atoms in total. The molecular weight excluding hydrogens is 486 g/mol. The van der Waals surface area contributed by atoms with Gasteiger partial charge in [-0.25, -0.2) is 4.79 Å². The summed E-state index contributed by atoms with van der Waals surface area (Å²) in [5.74, 6) is 1.04. The predicted octanol–water partition coefficient (Wildman–Crippen LogP) is 3.62. The van der Waals surface area contributed by atoms with Crippen LogP contribution < -0.4 is 4.74 Å². The SMILES string of the molecule is COCCc1noc(C2CC(c3ccc(OC(F)F)cc3)CN(C(=O)N3CCS(O)(O)CC3)C2)n1. The lowest BCUT2D eigenvalue weighted by atomic mass is 9.84. The third kappa shape index (κ3) is 6.60. The minimum absolute atomic E-state index is 0.0658. The van der Waals surface area contributed by atoms with Crippen LogP contribution in [0, 0.1) is 0 Å². The van der Waals surface area contributed by atoms with Crippen molar-refractivity contribution in [2.75, 3.05) is 51.4 Å². The van der Waals surface area contributed by atoms with E-state index in [2.05, 4.69) is 14.9 Å². The molecule has 2 aliphatic heterocycles. The fourth-order valence-electron chi connectivity index (χ4n) is 4.44. The van der Waals surface area contributed by atoms with E-state index in [1.165, 1.54) is 12.1 Å². The van der Waals surface area contributed by atoms with Crippen LogP contribution in [0.2, 0.25) is 0 Å². The van der Waals surface area contributed by atoms with Gasteiger partial charge in [0.25, 0.3) is 0 Å². The van der Waals surface area contributed by atoms with Crippen molar-refractivity contribution in [2.45, 2.75) is 31.3 Å². The van der Waals surface area contributed by atoms with Crippen molar-refractivity contribution in [3.8, 4) is 5.75 Å². The van der Waals surface area contributed by atoms with E-state index in [0.29, 0.717) is 44.3 Å². The Morgan fingerprint density at radius 3 is 2.51 bits per heavy atom. The Balaban J connectivity index is 1.53. The van der Waals surface area contributed by atoms with Gasteiger partial charge in [-0.15, -0.1) is 0 Å². The highest BCUT2D eigenvalue weighted by atomic mass is 32.3. The Morgan fingerprint density at radius 2 is 1.86 bits per heavy atom. The molecule has 2 aromatic rings. The molecule has 13 heteroatoms. The molecule has 2 unspecified atom stereocenters. The molecular formula is C22H30F2N4O6S. The molecule has 2 N–H and O–H groups in total. The molecule has 0 saturated carbocycles. The monoisotopic (exact) mass is 516 g/mol. The van der Waals surface area contributed by atoms with Gasteiger partial charge in [0.15, 0.2) is 5.82 Å². The first kappa shape index (κ1) is 25.6. The van der Waals surface area contributed by atoms with Gasteiger partial charge >= 0.3 is 12.6 Å². The minimum atomic E-state index is -2.90. The Kier molecular flexibility index (Phi) is 8.09. The van der Waals surface area contributed by atoms with Gasteiger partial charge in [-0.2, -0.15) is 24.4 Å². The maximum absolute atomic E-state index is 13.4. The topological polar surface area (TPSA) is 121 Å². The first-order valence-corrected chi connectivity index (χ1v) is 13.3. The van der Waals surface area contributed by atoms with E-state index in [9.17, 15) is 22.7 Å². The number of ether oxygens (including phenoxy) is 2. The molecule has 2 amide bonds. The Hall–Kier alpha value is -2.48. The first-order chi connectivity index (χ1) is 16.7. The van der Waals surface area contributed by atoms with Crippen molar-refractivity contribution in [3.05, 3.63) is 41.5 Å². The van der Waals surface area contributed by atoms with Crippen molar-refractivity contribution in [2.24, 2.45) is 0 Å². The van der Waals surface area contributed by atoms with Gasteiger partial charge in [0.1, 0.15) is 5.75 Å². The lowest BCUT2D eigenvalue weighted by Crippen LogP contribution is -2.52. The number of hydrogen-bond donors (Lipinski definition) is 2. The second-order valence-corrected chi connectivity index (χ2v) is 11.2. The summed E-state index contributed by atoms with van der Waals surface area (Å²) in [6.07, 6.45) is 1.13. The van der Waals surface area contributed by atoms with E-state index in [-0.39, 0.29) is 48.2 Å². The van der Waals surface area contributed by atoms with E-state index in [4.69, 9.17) is 9.26 Å². The molecule has 4 rings (SSSR count). The van der Waals surface area contributed by atoms with Crippen LogP contribution in [0.5, 0.6) is 5.75 Å². The summed E-state index contributed by atoms with van der Waals surface area (Å²) in [6, 6.07) is 6.24. The number of likely N-dealkylation sites (tertiary alicyclic amines) is 1. The summed E-state index contributed by atoms with van der Waals surface area (Å²) >= 11 is 0. The molecule has 2 atom stereocenters. The highest BCUT2D eigenvalue weighted by molar-refractivity contribution is 8.24. The molecule has 194 valence electrons. The zero-order valence-corrected chi connectivity index (χ0v) is 20.2. The number of amides is 2. The van der Waals surface area contributed by atoms with Gasteiger partial charge in [-0.1, -0.05) is 17.3 Å². The zero-order chi connectivity index (χ0) is 25.0. The number of halogens is 2. The zero-order valence-electron chi connectivity index (χ0n) is 19.4. The smallest absolute Gasteiger partial charge is 0.387 e. The van der Waals surface area contributed by atoms with Crippen LogP contribution in [0.4, 0.5) is 13.6 Å². The van der Waals surface area contributed by atoms with Gasteiger partial charge in [0, 0.05) is 45.6 Å². The number of methoxy groups -OCH3 is 1. The molecule has 0 radical (unpaired) electrons. The molecule has 2 fully saturated rings. The summed E-state index contributed by atoms with van der Waals surface area (Å²) in [5.41, 5.74) is 0.876. The van der Waals surface area contributed by atoms with Gasteiger partial charge in [0.05, 0.1) is 24.0 Å². The standard InChI is InChI=1S/C22H30F2N4O6S/c1-32-9-6-19-25-20(34-26-19)17-12-16(15-2-4-18(5-3-15)33-21(23)24)13-28(14-17)22(29)27-7-10-35(30,31)11-8-27/h2-5,16-17,21,30-31H,6-14H2,1H3. The van der Waals surface area contributed by atoms with Crippen molar-refractivity contribution in [3.63, 3.8) is 0 Å². The molecule has 2 saturated heterocycles. The fourth-order valence-corrected chi connectivity index (χ4v) is 5.67. The summed E-state index contributed by atoms with van der Waals surface area (Å²) in [4.78, 5) is 21.2. The van der Waals surface area contributed by atoms with Crippen molar-refractivity contribution in [1.82, 2.24) is 19.9 Å². The Labute approximate surface area is 203 Å². The molecule has 1 aromatic carbocycles. The maximum Gasteiger partial charge on any atom is 0.387 e. The largest absolute Gasteiger partial charge is 0.435 e. The maximum atomic E-state index is 13.4. The third-order valence-electron chi connectivity index (χ3n) is 6.31. The van der Waals surface area contributed by atoms with Gasteiger partial charge < -0.3 is 23.8 Å². The van der Waals surface area contributed by atoms with E-state index in [0.717, 1.165) is 5.56 Å². The van der Waals surface area contributed by atoms with Gasteiger partial charge in [0.2, 0.25) is 5.89 Å². The van der Waals surface area contributed by atoms with E-state index >= 15 is 0 Å². The summed E-state index contributed by atoms with van der Waals surface area (Å²) < 4.78 is 59.9. The second kappa shape index (κ2) is 11.1. The van der Waals surface area contributed by atoms with E-state index < -0.39 is 17.2 Å². The van der Waals surface area contributed by atoms with E-state index in [1.54, 1.807) is 29.0 Å². The quantitative estimate of drug-likeness (QED) is 0.572. The molecule has 0 aliphatic carbocycles. The highest BCUT2D eigenvalue weighted by Gasteiger charge is 2.37. The average molecular weight is 517 g/mol. The number of carbonyl (C=O) groups excluding carboxylic acids is 1. The van der Waals surface area contributed by atoms with Crippen LogP contribution >= 0.6 is 10.6 Å². The first-order valence-electron chi connectivity index (χ1n) is 11.4. The number of aromatic nitrogens is 2. The van der Waals surface area contributed by atoms with Crippen LogP contribution in [0.3, 0.4) is 0 Å². The predicted molar refractivity (Wildman–Crippen MR) is 124 cm³/mol. The van der Waals surface area contributed by atoms with Crippen LogP contribution in [0.25, 0.3) is 0 Å². The number of alkyl halides is 2. The number of nitrogens with zero attached hydrogens (tertiary/aromatic N) is 4. The van der Waals surface area contributed by atoms with Crippen LogP contribution in [0.15, 0.2) is 28.8 Å². The average Bonchev–Trinajstić information content (AvgIpc) is 3.31. The van der Waals surface area contributed by atoms with Crippen LogP contribution in [-0.2, 0) is 11.2 Å². The summed E-state index contributed by atoms with van der Waals surface area (Å²) in [7, 11) is -1.04. The number of urea groups is 1. The number of piperidine rings is 1. The van der Waals surface area contributed by atoms with Crippen LogP contribution in [-0.4, -0.2) is 93.1 Å². The summed E-state index contributed by atoms with van der Waals surface area (Å²) in [6.45, 7) is -1.11. The number of carbonyl (C=O) groups is 1. The second-order valence-electron chi connectivity index (χ2n) is 8.75.